The van der Waals surface area contributed by atoms with Crippen LogP contribution in [0.2, 0.25) is 10.0 Å². The Labute approximate surface area is 198 Å². The van der Waals surface area contributed by atoms with E-state index >= 15 is 0 Å². The molecule has 0 aromatic heterocycles. The highest BCUT2D eigenvalue weighted by molar-refractivity contribution is 6.42. The predicted molar refractivity (Wildman–Crippen MR) is 119 cm³/mol. The normalized spacial score (nSPS) is 17.8. The summed E-state index contributed by atoms with van der Waals surface area (Å²) >= 11 is 11.7. The number of nitrogens with zero attached hydrogens (tertiary/aromatic N) is 1. The number of alkyl halides is 3. The molecule has 0 bridgehead atoms. The van der Waals surface area contributed by atoms with E-state index in [1.807, 2.05) is 0 Å². The molecular formula is C22H20Cl2F3N3O3. The molecule has 3 rings (SSSR count). The summed E-state index contributed by atoms with van der Waals surface area (Å²) in [7, 11) is 0. The van der Waals surface area contributed by atoms with Crippen LogP contribution in [0.15, 0.2) is 41.6 Å². The summed E-state index contributed by atoms with van der Waals surface area (Å²) in [6, 6.07) is 8.65. The second-order valence-electron chi connectivity index (χ2n) is 7.57. The van der Waals surface area contributed by atoms with Crippen molar-refractivity contribution in [2.75, 3.05) is 13.1 Å². The van der Waals surface area contributed by atoms with Gasteiger partial charge in [0.25, 0.3) is 5.91 Å². The SMILES string of the molecule is CCNC(=O)CNC(=O)c1ccc(C2=NOC(C)(c3cc(Cl)c(Cl)c(C(F)(F)F)c3)C2)cc1. The van der Waals surface area contributed by atoms with E-state index < -0.39 is 28.3 Å². The Morgan fingerprint density at radius 1 is 1.15 bits per heavy atom. The molecule has 0 fully saturated rings. The van der Waals surface area contributed by atoms with Crippen molar-refractivity contribution in [3.05, 3.63) is 68.7 Å². The van der Waals surface area contributed by atoms with Gasteiger partial charge in [-0.15, -0.1) is 0 Å². The van der Waals surface area contributed by atoms with Crippen LogP contribution in [-0.2, 0) is 21.4 Å². The van der Waals surface area contributed by atoms with Crippen LogP contribution in [0, 0.1) is 0 Å². The Kier molecular flexibility index (Phi) is 7.23. The Hall–Kier alpha value is -2.78. The molecule has 176 valence electrons. The fourth-order valence-electron chi connectivity index (χ4n) is 3.29. The first kappa shape index (κ1) is 24.9. The van der Waals surface area contributed by atoms with Crippen LogP contribution < -0.4 is 10.6 Å². The molecule has 2 aromatic carbocycles. The van der Waals surface area contributed by atoms with Gasteiger partial charge >= 0.3 is 6.18 Å². The van der Waals surface area contributed by atoms with Gasteiger partial charge in [0.15, 0.2) is 5.60 Å². The molecule has 0 saturated carbocycles. The van der Waals surface area contributed by atoms with Crippen molar-refractivity contribution >= 4 is 40.7 Å². The van der Waals surface area contributed by atoms with Crippen molar-refractivity contribution in [3.63, 3.8) is 0 Å². The largest absolute Gasteiger partial charge is 0.417 e. The first-order chi connectivity index (χ1) is 15.4. The molecule has 0 radical (unpaired) electrons. The molecule has 33 heavy (non-hydrogen) atoms. The Bertz CT molecular complexity index is 1100. The lowest BCUT2D eigenvalue weighted by Gasteiger charge is -2.24. The maximum atomic E-state index is 13.3. The number of halogens is 5. The van der Waals surface area contributed by atoms with E-state index in [0.29, 0.717) is 23.4 Å². The van der Waals surface area contributed by atoms with E-state index in [1.165, 1.54) is 6.07 Å². The maximum absolute atomic E-state index is 13.3. The summed E-state index contributed by atoms with van der Waals surface area (Å²) in [6.07, 6.45) is -4.51. The molecule has 1 aliphatic heterocycles. The lowest BCUT2D eigenvalue weighted by atomic mass is 9.88. The van der Waals surface area contributed by atoms with Crippen LogP contribution in [0.25, 0.3) is 0 Å². The molecule has 2 amide bonds. The number of nitrogens with one attached hydrogen (secondary N) is 2. The van der Waals surface area contributed by atoms with Crippen LogP contribution in [0.3, 0.4) is 0 Å². The van der Waals surface area contributed by atoms with Crippen molar-refractivity contribution in [3.8, 4) is 0 Å². The van der Waals surface area contributed by atoms with Gasteiger partial charge in [-0.1, -0.05) is 40.5 Å². The summed E-state index contributed by atoms with van der Waals surface area (Å²) in [5.41, 5.74) is -0.588. The third-order valence-electron chi connectivity index (χ3n) is 5.07. The molecule has 2 aromatic rings. The fourth-order valence-corrected chi connectivity index (χ4v) is 3.72. The topological polar surface area (TPSA) is 79.8 Å². The first-order valence-corrected chi connectivity index (χ1v) is 10.7. The third-order valence-corrected chi connectivity index (χ3v) is 5.87. The third kappa shape index (κ3) is 5.59. The molecule has 11 heteroatoms. The number of rotatable bonds is 6. The van der Waals surface area contributed by atoms with E-state index in [0.717, 1.165) is 6.07 Å². The molecule has 2 N–H and O–H groups in total. The lowest BCUT2D eigenvalue weighted by molar-refractivity contribution is -0.137. The number of hydrogen-bond donors (Lipinski definition) is 2. The summed E-state index contributed by atoms with van der Waals surface area (Å²) in [4.78, 5) is 29.2. The molecule has 1 heterocycles. The minimum absolute atomic E-state index is 0.142. The number of hydrogen-bond acceptors (Lipinski definition) is 4. The summed E-state index contributed by atoms with van der Waals surface area (Å²) in [5, 5.41) is 8.32. The zero-order valence-corrected chi connectivity index (χ0v) is 19.2. The zero-order valence-electron chi connectivity index (χ0n) is 17.6. The number of benzene rings is 2. The summed E-state index contributed by atoms with van der Waals surface area (Å²) < 4.78 is 40.0. The number of amides is 2. The quantitative estimate of drug-likeness (QED) is 0.589. The number of carbonyl (C=O) groups is 2. The van der Waals surface area contributed by atoms with Gasteiger partial charge in [-0.2, -0.15) is 13.2 Å². The minimum Gasteiger partial charge on any atom is -0.384 e. The zero-order chi connectivity index (χ0) is 24.4. The molecule has 1 aliphatic rings. The van der Waals surface area contributed by atoms with Gasteiger partial charge in [0.05, 0.1) is 27.9 Å². The van der Waals surface area contributed by atoms with Crippen LogP contribution in [0.4, 0.5) is 13.2 Å². The summed E-state index contributed by atoms with van der Waals surface area (Å²) in [5.74, 6) is -0.715. The standard InChI is InChI=1S/C22H20Cl2F3N3O3/c1-3-28-18(31)11-29-20(32)13-6-4-12(5-7-13)17-10-21(2,33-30-17)14-8-15(22(25,26)27)19(24)16(23)9-14/h4-9H,3,10-11H2,1-2H3,(H,28,31)(H,29,32). The van der Waals surface area contributed by atoms with E-state index in [1.54, 1.807) is 38.1 Å². The summed E-state index contributed by atoms with van der Waals surface area (Å²) in [6.45, 7) is 3.70. The number of likely N-dealkylation sites (N-methyl/N-ethyl adjacent to an activating group) is 1. The predicted octanol–water partition coefficient (Wildman–Crippen LogP) is 4.92. The van der Waals surface area contributed by atoms with Gasteiger partial charge in [0.2, 0.25) is 5.91 Å². The van der Waals surface area contributed by atoms with Gasteiger partial charge in [0.1, 0.15) is 0 Å². The Morgan fingerprint density at radius 3 is 2.42 bits per heavy atom. The molecular weight excluding hydrogens is 482 g/mol. The van der Waals surface area contributed by atoms with E-state index in [2.05, 4.69) is 15.8 Å². The first-order valence-electron chi connectivity index (χ1n) is 9.91. The molecule has 6 nitrogen and oxygen atoms in total. The van der Waals surface area contributed by atoms with Gasteiger partial charge in [0, 0.05) is 24.1 Å². The van der Waals surface area contributed by atoms with Crippen molar-refractivity contribution in [1.82, 2.24) is 10.6 Å². The molecule has 1 unspecified atom stereocenters. The van der Waals surface area contributed by atoms with E-state index in [9.17, 15) is 22.8 Å². The van der Waals surface area contributed by atoms with Crippen LogP contribution in [-0.4, -0.2) is 30.6 Å². The maximum Gasteiger partial charge on any atom is 0.417 e. The highest BCUT2D eigenvalue weighted by Gasteiger charge is 2.41. The molecule has 1 atom stereocenters. The number of carbonyl (C=O) groups excluding carboxylic acids is 2. The minimum atomic E-state index is -4.68. The van der Waals surface area contributed by atoms with Gasteiger partial charge < -0.3 is 15.5 Å². The van der Waals surface area contributed by atoms with Crippen molar-refractivity contribution in [1.29, 1.82) is 0 Å². The highest BCUT2D eigenvalue weighted by Crippen LogP contribution is 2.44. The monoisotopic (exact) mass is 501 g/mol. The number of oxime groups is 1. The van der Waals surface area contributed by atoms with Crippen molar-refractivity contribution < 1.29 is 27.6 Å². The Morgan fingerprint density at radius 2 is 1.82 bits per heavy atom. The van der Waals surface area contributed by atoms with Crippen LogP contribution in [0.1, 0.15) is 47.3 Å². The van der Waals surface area contributed by atoms with E-state index in [4.69, 9.17) is 28.0 Å². The van der Waals surface area contributed by atoms with Gasteiger partial charge in [-0.25, -0.2) is 0 Å². The molecule has 0 saturated heterocycles. The molecule has 0 aliphatic carbocycles. The van der Waals surface area contributed by atoms with Crippen LogP contribution in [0.5, 0.6) is 0 Å². The fraction of sp³-hybridized carbons (Fsp3) is 0.318. The smallest absolute Gasteiger partial charge is 0.384 e. The second kappa shape index (κ2) is 9.61. The van der Waals surface area contributed by atoms with Crippen molar-refractivity contribution in [2.24, 2.45) is 5.16 Å². The van der Waals surface area contributed by atoms with Gasteiger partial charge in [-0.05, 0) is 43.7 Å². The van der Waals surface area contributed by atoms with Crippen molar-refractivity contribution in [2.45, 2.75) is 32.0 Å². The lowest BCUT2D eigenvalue weighted by Crippen LogP contribution is -2.36. The highest BCUT2D eigenvalue weighted by atomic mass is 35.5. The second-order valence-corrected chi connectivity index (χ2v) is 8.35. The van der Waals surface area contributed by atoms with Crippen LogP contribution >= 0.6 is 23.2 Å². The van der Waals surface area contributed by atoms with Gasteiger partial charge in [-0.3, -0.25) is 9.59 Å². The average molecular weight is 502 g/mol. The average Bonchev–Trinajstić information content (AvgIpc) is 3.16. The Balaban J connectivity index is 1.74. The van der Waals surface area contributed by atoms with E-state index in [-0.39, 0.29) is 29.5 Å². The molecule has 0 spiro atoms.